The van der Waals surface area contributed by atoms with Crippen molar-refractivity contribution >= 4 is 53.9 Å². The van der Waals surface area contributed by atoms with E-state index in [4.69, 9.17) is 9.73 Å². The highest BCUT2D eigenvalue weighted by atomic mass is 16.5. The van der Waals surface area contributed by atoms with Crippen LogP contribution < -0.4 is 21.5 Å². The number of methoxy groups -OCH3 is 1. The van der Waals surface area contributed by atoms with Gasteiger partial charge >= 0.3 is 13.0 Å². The van der Waals surface area contributed by atoms with Crippen molar-refractivity contribution in [2.45, 2.75) is 73.7 Å². The summed E-state index contributed by atoms with van der Waals surface area (Å²) in [4.78, 5) is 42.5. The predicted molar refractivity (Wildman–Crippen MR) is 201 cm³/mol. The second-order valence-corrected chi connectivity index (χ2v) is 13.1. The number of aromatic amines is 3. The van der Waals surface area contributed by atoms with Crippen molar-refractivity contribution in [2.24, 2.45) is 4.99 Å². The zero-order valence-electron chi connectivity index (χ0n) is 29.9. The largest absolute Gasteiger partial charge is 0.494 e. The van der Waals surface area contributed by atoms with E-state index in [-0.39, 0.29) is 30.4 Å². The van der Waals surface area contributed by atoms with Crippen molar-refractivity contribution in [3.63, 3.8) is 0 Å². The third kappa shape index (κ3) is 5.92. The first-order chi connectivity index (χ1) is 23.9. The average molecular weight is 677 g/mol. The number of aryl methyl sites for hydroxylation is 1. The standard InChI is InChI=1S/C38H45BN6O5/c1-9-23-19(3)26-16-28-21(5)25(12-13-32(46)50-8)35(43-28)34-36-33(37(47)45(38(34)48)15-11-14-40-39(7)49)22(6)29(44-36)18-31-24(10-2)20(4)27(42-31)17-30(23)41-26/h9,16-18,40-42,44,48-49H,1,10-15H2,2-8H3. The van der Waals surface area contributed by atoms with Gasteiger partial charge in [-0.2, -0.15) is 0 Å². The van der Waals surface area contributed by atoms with Crippen molar-refractivity contribution in [2.75, 3.05) is 13.7 Å². The first kappa shape index (κ1) is 34.8. The first-order valence-corrected chi connectivity index (χ1v) is 17.1. The minimum atomic E-state index is -0.701. The van der Waals surface area contributed by atoms with E-state index in [0.717, 1.165) is 73.2 Å². The number of nitrogens with zero attached hydrogens (tertiary/aromatic N) is 2. The van der Waals surface area contributed by atoms with Gasteiger partial charge in [0.25, 0.3) is 5.56 Å². The number of hydrogen-bond acceptors (Lipinski definition) is 7. The molecular weight excluding hydrogens is 631 g/mol. The monoisotopic (exact) mass is 676 g/mol. The molecule has 0 saturated heterocycles. The van der Waals surface area contributed by atoms with Crippen molar-refractivity contribution in [3.8, 4) is 5.88 Å². The van der Waals surface area contributed by atoms with E-state index < -0.39 is 7.05 Å². The molecule has 4 aromatic rings. The molecule has 0 spiro atoms. The molecule has 11 nitrogen and oxygen atoms in total. The Morgan fingerprint density at radius 3 is 2.46 bits per heavy atom. The fourth-order valence-electron chi connectivity index (χ4n) is 7.26. The molecule has 50 heavy (non-hydrogen) atoms. The summed E-state index contributed by atoms with van der Waals surface area (Å²) in [7, 11) is 0.661. The Morgan fingerprint density at radius 1 is 1.06 bits per heavy atom. The highest BCUT2D eigenvalue weighted by Crippen LogP contribution is 2.39. The number of hydrogen-bond donors (Lipinski definition) is 6. The third-order valence-corrected chi connectivity index (χ3v) is 10.1. The maximum Gasteiger partial charge on any atom is 0.373 e. The Hall–Kier alpha value is -5.07. The Balaban J connectivity index is 1.73. The molecule has 6 heterocycles. The Kier molecular flexibility index (Phi) is 9.52. The second-order valence-electron chi connectivity index (χ2n) is 13.1. The maximum absolute atomic E-state index is 14.3. The number of aliphatic imine (C=N–C) groups is 1. The SMILES string of the molecule is C=Cc1c2[nH]c(c1C)C=C1N=C(C(CCC(=O)OC)=C1C)c1c(O)n(CCCNB(C)O)c(=O)c3c(C)c([nH]c13)C=c1[nH]c(c(C)c1CC)=C2. The average Bonchev–Trinajstić information content (AvgIpc) is 3.76. The van der Waals surface area contributed by atoms with Gasteiger partial charge in [-0.25, -0.2) is 4.99 Å². The molecule has 12 heteroatoms. The second kappa shape index (κ2) is 13.7. The summed E-state index contributed by atoms with van der Waals surface area (Å²) in [5.41, 5.74) is 10.9. The number of pyridine rings is 1. The molecule has 0 amide bonds. The van der Waals surface area contributed by atoms with Gasteiger partial charge in [-0.1, -0.05) is 19.6 Å². The molecule has 260 valence electrons. The number of rotatable bonds is 10. The molecule has 0 saturated carbocycles. The van der Waals surface area contributed by atoms with E-state index >= 15 is 0 Å². The van der Waals surface area contributed by atoms with Gasteiger partial charge < -0.3 is 35.0 Å². The third-order valence-electron chi connectivity index (χ3n) is 10.1. The van der Waals surface area contributed by atoms with Gasteiger partial charge in [-0.05, 0) is 112 Å². The summed E-state index contributed by atoms with van der Waals surface area (Å²) in [6.07, 6.45) is 9.68. The summed E-state index contributed by atoms with van der Waals surface area (Å²) in [6.45, 7) is 16.5. The van der Waals surface area contributed by atoms with Crippen LogP contribution in [0.2, 0.25) is 6.82 Å². The van der Waals surface area contributed by atoms with E-state index in [9.17, 15) is 19.7 Å². The molecule has 0 aliphatic carbocycles. The molecule has 2 aliphatic rings. The molecule has 6 N–H and O–H groups in total. The lowest BCUT2D eigenvalue weighted by Crippen LogP contribution is -2.32. The van der Waals surface area contributed by atoms with Crippen LogP contribution in [0.3, 0.4) is 0 Å². The molecule has 0 atom stereocenters. The summed E-state index contributed by atoms with van der Waals surface area (Å²) in [6, 6.07) is 0. The first-order valence-electron chi connectivity index (χ1n) is 17.1. The number of carbonyl (C=O) groups excluding carboxylic acids is 1. The molecule has 0 radical (unpaired) electrons. The van der Waals surface area contributed by atoms with Gasteiger partial charge in [0, 0.05) is 46.3 Å². The van der Waals surface area contributed by atoms with Crippen LogP contribution in [-0.2, 0) is 22.5 Å². The van der Waals surface area contributed by atoms with E-state index in [0.29, 0.717) is 47.3 Å². The lowest BCUT2D eigenvalue weighted by Gasteiger charge is -2.16. The lowest BCUT2D eigenvalue weighted by atomic mass is 9.89. The number of ether oxygens (including phenoxy) is 1. The number of H-pyrrole nitrogens is 3. The van der Waals surface area contributed by atoms with E-state index in [1.807, 2.05) is 39.0 Å². The van der Waals surface area contributed by atoms with Crippen LogP contribution in [0.5, 0.6) is 5.88 Å². The normalized spacial score (nSPS) is 13.8. The molecule has 8 bridgehead atoms. The molecule has 0 unspecified atom stereocenters. The van der Waals surface area contributed by atoms with Gasteiger partial charge in [0.2, 0.25) is 5.88 Å². The van der Waals surface area contributed by atoms with Crippen LogP contribution in [-0.4, -0.2) is 62.0 Å². The van der Waals surface area contributed by atoms with Crippen LogP contribution >= 0.6 is 0 Å². The molecule has 0 aromatic carbocycles. The predicted octanol–water partition coefficient (Wildman–Crippen LogP) is 4.00. The van der Waals surface area contributed by atoms with Crippen molar-refractivity contribution in [3.05, 3.63) is 94.9 Å². The van der Waals surface area contributed by atoms with E-state index in [1.165, 1.54) is 11.7 Å². The van der Waals surface area contributed by atoms with Gasteiger partial charge in [0.15, 0.2) is 0 Å². The Bertz CT molecular complexity index is 2340. The summed E-state index contributed by atoms with van der Waals surface area (Å²) in [5.74, 6) is -0.577. The van der Waals surface area contributed by atoms with E-state index in [2.05, 4.69) is 46.7 Å². The number of allylic oxidation sites excluding steroid dienone is 2. The minimum Gasteiger partial charge on any atom is -0.494 e. The number of fused-ring (bicyclic) bond motifs is 7. The quantitative estimate of drug-likeness (QED) is 0.0847. The fraction of sp³-hybridized carbons (Fsp3) is 0.342. The molecule has 6 rings (SSSR count). The van der Waals surface area contributed by atoms with E-state index in [1.54, 1.807) is 6.82 Å². The minimum absolute atomic E-state index is 0.113. The number of esters is 1. The highest BCUT2D eigenvalue weighted by molar-refractivity contribution is 6.45. The van der Waals surface area contributed by atoms with Gasteiger partial charge in [-0.15, -0.1) is 0 Å². The number of aromatic hydroxyl groups is 1. The van der Waals surface area contributed by atoms with Gasteiger partial charge in [0.1, 0.15) is 0 Å². The van der Waals surface area contributed by atoms with Crippen LogP contribution in [0, 0.1) is 20.8 Å². The van der Waals surface area contributed by atoms with Crippen molar-refractivity contribution in [1.29, 1.82) is 0 Å². The van der Waals surface area contributed by atoms with Gasteiger partial charge in [-0.3, -0.25) is 14.2 Å². The topological polar surface area (TPSA) is 161 Å². The van der Waals surface area contributed by atoms with Crippen LogP contribution in [0.1, 0.15) is 83.6 Å². The Labute approximate surface area is 291 Å². The molecule has 2 aliphatic heterocycles. The zero-order valence-corrected chi connectivity index (χ0v) is 29.9. The molecular formula is C38H45BN6O5. The van der Waals surface area contributed by atoms with Crippen LogP contribution in [0.15, 0.2) is 33.2 Å². The highest BCUT2D eigenvalue weighted by Gasteiger charge is 2.31. The molecule has 4 aromatic heterocycles. The van der Waals surface area contributed by atoms with Crippen molar-refractivity contribution < 1.29 is 19.7 Å². The smallest absolute Gasteiger partial charge is 0.373 e. The van der Waals surface area contributed by atoms with Crippen LogP contribution in [0.25, 0.3) is 35.2 Å². The van der Waals surface area contributed by atoms with Crippen LogP contribution in [0.4, 0.5) is 0 Å². The Morgan fingerprint density at radius 2 is 1.78 bits per heavy atom. The summed E-state index contributed by atoms with van der Waals surface area (Å²) < 4.78 is 6.38. The van der Waals surface area contributed by atoms with Crippen molar-refractivity contribution in [1.82, 2.24) is 24.7 Å². The number of carbonyl (C=O) groups is 1. The number of aromatic nitrogens is 4. The lowest BCUT2D eigenvalue weighted by molar-refractivity contribution is -0.140. The zero-order chi connectivity index (χ0) is 36.0. The molecule has 0 fully saturated rings. The summed E-state index contributed by atoms with van der Waals surface area (Å²) in [5, 5.41) is 27.1. The number of nitrogens with one attached hydrogen (secondary N) is 4. The fourth-order valence-corrected chi connectivity index (χ4v) is 7.26. The summed E-state index contributed by atoms with van der Waals surface area (Å²) >= 11 is 0. The maximum atomic E-state index is 14.3. The van der Waals surface area contributed by atoms with Gasteiger partial charge in [0.05, 0.1) is 35.0 Å².